The zero-order valence-corrected chi connectivity index (χ0v) is 15.3. The second-order valence-corrected chi connectivity index (χ2v) is 7.38. The van der Waals surface area contributed by atoms with Crippen molar-refractivity contribution in [1.82, 2.24) is 4.90 Å². The highest BCUT2D eigenvalue weighted by atomic mass is 19.1. The Labute approximate surface area is 159 Å². The van der Waals surface area contributed by atoms with E-state index in [4.69, 9.17) is 0 Å². The van der Waals surface area contributed by atoms with E-state index >= 15 is 0 Å². The molecular formula is C24H24FNO. The third-order valence-corrected chi connectivity index (χ3v) is 5.51. The summed E-state index contributed by atoms with van der Waals surface area (Å²) in [6.07, 6.45) is 1.44. The molecule has 1 heterocycles. The fourth-order valence-electron chi connectivity index (χ4n) is 3.85. The summed E-state index contributed by atoms with van der Waals surface area (Å²) in [7, 11) is 0. The smallest absolute Gasteiger partial charge is 0.123 e. The van der Waals surface area contributed by atoms with Crippen molar-refractivity contribution in [3.05, 3.63) is 95.8 Å². The van der Waals surface area contributed by atoms with Gasteiger partial charge in [-0.05, 0) is 47.2 Å². The standard InChI is InChI=1S/C24H24FNO/c25-23-8-4-7-21(17-23)20-9-11-22(12-10-20)24(27)13-15-26(16-14-24)18-19-5-2-1-3-6-19/h1-12,17,27H,13-16,18H2. The van der Waals surface area contributed by atoms with Crippen LogP contribution in [0.25, 0.3) is 11.1 Å². The number of piperidine rings is 1. The quantitative estimate of drug-likeness (QED) is 0.709. The minimum absolute atomic E-state index is 0.235. The van der Waals surface area contributed by atoms with Crippen LogP contribution in [0.4, 0.5) is 4.39 Å². The van der Waals surface area contributed by atoms with Crippen molar-refractivity contribution in [1.29, 1.82) is 0 Å². The van der Waals surface area contributed by atoms with Gasteiger partial charge in [0.2, 0.25) is 0 Å². The maximum absolute atomic E-state index is 13.4. The zero-order chi connectivity index (χ0) is 18.7. The number of hydrogen-bond donors (Lipinski definition) is 1. The molecular weight excluding hydrogens is 337 g/mol. The molecule has 1 aliphatic heterocycles. The first-order chi connectivity index (χ1) is 13.1. The second-order valence-electron chi connectivity index (χ2n) is 7.38. The van der Waals surface area contributed by atoms with Crippen molar-refractivity contribution >= 4 is 0 Å². The number of aliphatic hydroxyl groups is 1. The van der Waals surface area contributed by atoms with Crippen molar-refractivity contribution in [2.75, 3.05) is 13.1 Å². The Hall–Kier alpha value is -2.49. The largest absolute Gasteiger partial charge is 0.385 e. The topological polar surface area (TPSA) is 23.5 Å². The SMILES string of the molecule is OC1(c2ccc(-c3cccc(F)c3)cc2)CCN(Cc2ccccc2)CC1. The molecule has 4 rings (SSSR count). The summed E-state index contributed by atoms with van der Waals surface area (Å²) >= 11 is 0. The van der Waals surface area contributed by atoms with Gasteiger partial charge in [0.15, 0.2) is 0 Å². The molecule has 0 bridgehead atoms. The minimum atomic E-state index is -0.784. The first-order valence-corrected chi connectivity index (χ1v) is 9.48. The Morgan fingerprint density at radius 2 is 1.52 bits per heavy atom. The van der Waals surface area contributed by atoms with Crippen molar-refractivity contribution < 1.29 is 9.50 Å². The molecule has 0 saturated carbocycles. The molecule has 0 atom stereocenters. The lowest BCUT2D eigenvalue weighted by atomic mass is 9.83. The van der Waals surface area contributed by atoms with Gasteiger partial charge in [0.1, 0.15) is 5.82 Å². The number of hydrogen-bond acceptors (Lipinski definition) is 2. The minimum Gasteiger partial charge on any atom is -0.385 e. The molecule has 27 heavy (non-hydrogen) atoms. The normalized spacial score (nSPS) is 17.0. The van der Waals surface area contributed by atoms with Crippen LogP contribution in [0.1, 0.15) is 24.0 Å². The van der Waals surface area contributed by atoms with E-state index in [9.17, 15) is 9.50 Å². The zero-order valence-electron chi connectivity index (χ0n) is 15.3. The molecule has 1 fully saturated rings. The van der Waals surface area contributed by atoms with Gasteiger partial charge in [-0.1, -0.05) is 66.7 Å². The lowest BCUT2D eigenvalue weighted by Crippen LogP contribution is -2.42. The predicted octanol–water partition coefficient (Wildman–Crippen LogP) is 4.98. The highest BCUT2D eigenvalue weighted by molar-refractivity contribution is 5.63. The average molecular weight is 361 g/mol. The van der Waals surface area contributed by atoms with Gasteiger partial charge in [0, 0.05) is 19.6 Å². The van der Waals surface area contributed by atoms with Crippen LogP contribution in [0.5, 0.6) is 0 Å². The van der Waals surface area contributed by atoms with Crippen molar-refractivity contribution in [3.8, 4) is 11.1 Å². The maximum atomic E-state index is 13.4. The lowest BCUT2D eigenvalue weighted by molar-refractivity contribution is -0.0277. The maximum Gasteiger partial charge on any atom is 0.123 e. The summed E-state index contributed by atoms with van der Waals surface area (Å²) < 4.78 is 13.4. The average Bonchev–Trinajstić information content (AvgIpc) is 2.71. The second kappa shape index (κ2) is 7.63. The monoisotopic (exact) mass is 361 g/mol. The van der Waals surface area contributed by atoms with Gasteiger partial charge >= 0.3 is 0 Å². The third kappa shape index (κ3) is 4.10. The van der Waals surface area contributed by atoms with E-state index < -0.39 is 5.60 Å². The molecule has 3 aromatic carbocycles. The molecule has 3 aromatic rings. The summed E-state index contributed by atoms with van der Waals surface area (Å²) in [5.74, 6) is -0.235. The summed E-state index contributed by atoms with van der Waals surface area (Å²) in [6.45, 7) is 2.67. The van der Waals surface area contributed by atoms with Gasteiger partial charge in [0.25, 0.3) is 0 Å². The van der Waals surface area contributed by atoms with Gasteiger partial charge < -0.3 is 5.11 Å². The van der Waals surface area contributed by atoms with Gasteiger partial charge in [-0.15, -0.1) is 0 Å². The van der Waals surface area contributed by atoms with E-state index in [1.807, 2.05) is 36.4 Å². The molecule has 1 N–H and O–H groups in total. The van der Waals surface area contributed by atoms with Crippen LogP contribution < -0.4 is 0 Å². The predicted molar refractivity (Wildman–Crippen MR) is 107 cm³/mol. The molecule has 0 radical (unpaired) electrons. The van der Waals surface area contributed by atoms with Crippen LogP contribution in [-0.4, -0.2) is 23.1 Å². The van der Waals surface area contributed by atoms with Crippen LogP contribution in [0.15, 0.2) is 78.9 Å². The highest BCUT2D eigenvalue weighted by Crippen LogP contribution is 2.34. The summed E-state index contributed by atoms with van der Waals surface area (Å²) in [5, 5.41) is 11.1. The number of benzene rings is 3. The fraction of sp³-hybridized carbons (Fsp3) is 0.250. The Kier molecular flexibility index (Phi) is 5.06. The van der Waals surface area contributed by atoms with E-state index in [1.54, 1.807) is 6.07 Å². The van der Waals surface area contributed by atoms with Crippen molar-refractivity contribution in [3.63, 3.8) is 0 Å². The van der Waals surface area contributed by atoms with Gasteiger partial charge in [-0.3, -0.25) is 4.90 Å². The van der Waals surface area contributed by atoms with Crippen LogP contribution in [0, 0.1) is 5.82 Å². The molecule has 1 saturated heterocycles. The first kappa shape index (κ1) is 17.9. The van der Waals surface area contributed by atoms with Crippen LogP contribution in [-0.2, 0) is 12.1 Å². The Balaban J connectivity index is 1.43. The Morgan fingerprint density at radius 3 is 2.19 bits per heavy atom. The molecule has 0 aromatic heterocycles. The third-order valence-electron chi connectivity index (χ3n) is 5.51. The lowest BCUT2D eigenvalue weighted by Gasteiger charge is -2.38. The highest BCUT2D eigenvalue weighted by Gasteiger charge is 2.33. The molecule has 2 nitrogen and oxygen atoms in total. The number of halogens is 1. The van der Waals surface area contributed by atoms with Gasteiger partial charge in [0.05, 0.1) is 5.60 Å². The van der Waals surface area contributed by atoms with E-state index in [0.29, 0.717) is 0 Å². The molecule has 0 aliphatic carbocycles. The fourth-order valence-corrected chi connectivity index (χ4v) is 3.85. The molecule has 1 aliphatic rings. The molecule has 0 amide bonds. The van der Waals surface area contributed by atoms with Crippen LogP contribution in [0.2, 0.25) is 0 Å². The number of nitrogens with zero attached hydrogens (tertiary/aromatic N) is 1. The van der Waals surface area contributed by atoms with E-state index in [0.717, 1.165) is 49.2 Å². The van der Waals surface area contributed by atoms with E-state index in [-0.39, 0.29) is 5.82 Å². The first-order valence-electron chi connectivity index (χ1n) is 9.48. The van der Waals surface area contributed by atoms with Crippen LogP contribution in [0.3, 0.4) is 0 Å². The Bertz CT molecular complexity index is 884. The molecule has 0 spiro atoms. The molecule has 0 unspecified atom stereocenters. The molecule has 3 heteroatoms. The summed E-state index contributed by atoms with van der Waals surface area (Å²) in [6, 6.07) is 24.9. The number of likely N-dealkylation sites (tertiary alicyclic amines) is 1. The van der Waals surface area contributed by atoms with E-state index in [1.165, 1.54) is 17.7 Å². The van der Waals surface area contributed by atoms with E-state index in [2.05, 4.69) is 29.2 Å². The number of rotatable bonds is 4. The van der Waals surface area contributed by atoms with Crippen molar-refractivity contribution in [2.24, 2.45) is 0 Å². The summed E-state index contributed by atoms with van der Waals surface area (Å²) in [5.41, 5.74) is 3.28. The van der Waals surface area contributed by atoms with Gasteiger partial charge in [-0.2, -0.15) is 0 Å². The Morgan fingerprint density at radius 1 is 0.815 bits per heavy atom. The summed E-state index contributed by atoms with van der Waals surface area (Å²) in [4.78, 5) is 2.39. The molecule has 138 valence electrons. The van der Waals surface area contributed by atoms with Crippen molar-refractivity contribution in [2.45, 2.75) is 25.0 Å². The van der Waals surface area contributed by atoms with Crippen LogP contribution >= 0.6 is 0 Å². The van der Waals surface area contributed by atoms with Gasteiger partial charge in [-0.25, -0.2) is 4.39 Å².